The largest absolute Gasteiger partial charge is 0.461 e. The Labute approximate surface area is 74.7 Å². The first-order valence-corrected chi connectivity index (χ1v) is 4.68. The molecule has 0 unspecified atom stereocenters. The third-order valence-corrected chi connectivity index (χ3v) is 1.64. The average Bonchev–Trinajstić information content (AvgIpc) is 2.47. The highest BCUT2D eigenvalue weighted by Gasteiger charge is 2.07. The van der Waals surface area contributed by atoms with E-state index in [4.69, 9.17) is 14.1 Å². The zero-order valence-corrected chi connectivity index (χ0v) is 7.32. The molecule has 0 fully saturated rings. The van der Waals surface area contributed by atoms with Crippen LogP contribution in [0.3, 0.4) is 0 Å². The molecular weight excluding hydrogens is 200 g/mol. The Kier molecular flexibility index (Phi) is 3.04. The highest BCUT2D eigenvalue weighted by atomic mass is 32.3. The van der Waals surface area contributed by atoms with Gasteiger partial charge in [0.25, 0.3) is 0 Å². The monoisotopic (exact) mass is 208 g/mol. The third kappa shape index (κ3) is 3.55. The summed E-state index contributed by atoms with van der Waals surface area (Å²) in [5, 5.41) is 8.58. The van der Waals surface area contributed by atoms with Gasteiger partial charge in [0, 0.05) is 0 Å². The Balaban J connectivity index is 2.55. The van der Waals surface area contributed by atoms with Crippen molar-refractivity contribution in [1.82, 2.24) is 0 Å². The summed E-state index contributed by atoms with van der Waals surface area (Å²) < 4.78 is 37.4. The summed E-state index contributed by atoms with van der Waals surface area (Å²) >= 11 is 0. The van der Waals surface area contributed by atoms with Crippen LogP contribution in [0.15, 0.2) is 16.5 Å². The molecular formula is C6H8O6S. The molecule has 2 N–H and O–H groups in total. The fraction of sp³-hybridized carbons (Fsp3) is 0.333. The lowest BCUT2D eigenvalue weighted by Gasteiger charge is -1.95. The molecule has 0 aliphatic carbocycles. The van der Waals surface area contributed by atoms with E-state index in [0.717, 1.165) is 0 Å². The number of rotatable bonds is 4. The molecule has 1 aromatic heterocycles. The molecule has 13 heavy (non-hydrogen) atoms. The summed E-state index contributed by atoms with van der Waals surface area (Å²) in [4.78, 5) is 0. The van der Waals surface area contributed by atoms with Crippen LogP contribution in [0.5, 0.6) is 0 Å². The Bertz CT molecular complexity index is 364. The van der Waals surface area contributed by atoms with Crippen molar-refractivity contribution in [2.75, 3.05) is 0 Å². The SMILES string of the molecule is O=S(=O)(O)OCc1ccc(CO)o1. The molecule has 0 aliphatic rings. The molecule has 1 heterocycles. The van der Waals surface area contributed by atoms with Crippen LogP contribution in [0.25, 0.3) is 0 Å². The topological polar surface area (TPSA) is 97.0 Å². The van der Waals surface area contributed by atoms with Crippen LogP contribution in [0, 0.1) is 0 Å². The quantitative estimate of drug-likeness (QED) is 0.680. The van der Waals surface area contributed by atoms with Crippen molar-refractivity contribution in [1.29, 1.82) is 0 Å². The lowest BCUT2D eigenvalue weighted by atomic mass is 10.4. The predicted octanol–water partition coefficient (Wildman–Crippen LogP) is 0.0913. The van der Waals surface area contributed by atoms with Gasteiger partial charge in [-0.3, -0.25) is 4.55 Å². The van der Waals surface area contributed by atoms with Crippen LogP contribution in [0.1, 0.15) is 11.5 Å². The maximum atomic E-state index is 10.1. The Morgan fingerprint density at radius 2 is 2.00 bits per heavy atom. The highest BCUT2D eigenvalue weighted by Crippen LogP contribution is 2.09. The minimum Gasteiger partial charge on any atom is -0.461 e. The molecule has 0 aromatic carbocycles. The van der Waals surface area contributed by atoms with Crippen LogP contribution in [-0.4, -0.2) is 18.1 Å². The first-order chi connectivity index (χ1) is 6.01. The van der Waals surface area contributed by atoms with E-state index < -0.39 is 17.0 Å². The summed E-state index contributed by atoms with van der Waals surface area (Å²) in [5.41, 5.74) is 0. The number of aliphatic hydroxyl groups excluding tert-OH is 1. The molecule has 74 valence electrons. The van der Waals surface area contributed by atoms with E-state index in [0.29, 0.717) is 5.76 Å². The average molecular weight is 208 g/mol. The molecule has 0 amide bonds. The summed E-state index contributed by atoms with van der Waals surface area (Å²) in [6, 6.07) is 2.92. The molecule has 0 bridgehead atoms. The van der Waals surface area contributed by atoms with Gasteiger partial charge in [-0.15, -0.1) is 0 Å². The maximum Gasteiger partial charge on any atom is 0.397 e. The van der Waals surface area contributed by atoms with Crippen LogP contribution < -0.4 is 0 Å². The van der Waals surface area contributed by atoms with Gasteiger partial charge in [-0.05, 0) is 12.1 Å². The van der Waals surface area contributed by atoms with E-state index in [2.05, 4.69) is 4.18 Å². The van der Waals surface area contributed by atoms with E-state index >= 15 is 0 Å². The summed E-state index contributed by atoms with van der Waals surface area (Å²) in [6.45, 7) is -0.662. The normalized spacial score (nSPS) is 11.8. The van der Waals surface area contributed by atoms with E-state index in [-0.39, 0.29) is 12.4 Å². The second-order valence-electron chi connectivity index (χ2n) is 2.22. The van der Waals surface area contributed by atoms with Gasteiger partial charge >= 0.3 is 10.4 Å². The van der Waals surface area contributed by atoms with Crippen LogP contribution in [-0.2, 0) is 27.8 Å². The first-order valence-electron chi connectivity index (χ1n) is 3.31. The lowest BCUT2D eigenvalue weighted by molar-refractivity contribution is 0.214. The minimum absolute atomic E-state index is 0.210. The van der Waals surface area contributed by atoms with Crippen LogP contribution >= 0.6 is 0 Å². The van der Waals surface area contributed by atoms with Crippen molar-refractivity contribution in [3.63, 3.8) is 0 Å². The van der Waals surface area contributed by atoms with Crippen LogP contribution in [0.4, 0.5) is 0 Å². The zero-order chi connectivity index (χ0) is 9.90. The van der Waals surface area contributed by atoms with Crippen molar-refractivity contribution in [2.24, 2.45) is 0 Å². The first kappa shape index (κ1) is 10.2. The second-order valence-corrected chi connectivity index (χ2v) is 3.31. The van der Waals surface area contributed by atoms with E-state index in [1.165, 1.54) is 12.1 Å². The fourth-order valence-electron chi connectivity index (χ4n) is 0.717. The van der Waals surface area contributed by atoms with E-state index in [1.807, 2.05) is 0 Å². The Morgan fingerprint density at radius 3 is 2.46 bits per heavy atom. The van der Waals surface area contributed by atoms with Crippen molar-refractivity contribution in [3.8, 4) is 0 Å². The maximum absolute atomic E-state index is 10.1. The van der Waals surface area contributed by atoms with Gasteiger partial charge in [0.1, 0.15) is 24.7 Å². The molecule has 0 aliphatic heterocycles. The van der Waals surface area contributed by atoms with Gasteiger partial charge in [-0.1, -0.05) is 0 Å². The summed E-state index contributed by atoms with van der Waals surface area (Å²) in [7, 11) is -4.44. The molecule has 1 aromatic rings. The van der Waals surface area contributed by atoms with Crippen molar-refractivity contribution in [3.05, 3.63) is 23.7 Å². The van der Waals surface area contributed by atoms with E-state index in [1.54, 1.807) is 0 Å². The van der Waals surface area contributed by atoms with Gasteiger partial charge in [0.15, 0.2) is 0 Å². The number of hydrogen-bond acceptors (Lipinski definition) is 5. The highest BCUT2D eigenvalue weighted by molar-refractivity contribution is 7.80. The molecule has 0 saturated heterocycles. The van der Waals surface area contributed by atoms with Gasteiger partial charge in [-0.2, -0.15) is 8.42 Å². The van der Waals surface area contributed by atoms with Crippen molar-refractivity contribution < 1.29 is 26.7 Å². The summed E-state index contributed by atoms with van der Waals surface area (Å²) in [5.74, 6) is 0.510. The fourth-order valence-corrected chi connectivity index (χ4v) is 0.982. The molecule has 1 rings (SSSR count). The standard InChI is InChI=1S/C6H8O6S/c7-3-5-1-2-6(12-5)4-11-13(8,9)10/h1-2,7H,3-4H2,(H,8,9,10). The number of hydrogen-bond donors (Lipinski definition) is 2. The molecule has 7 heteroatoms. The van der Waals surface area contributed by atoms with Gasteiger partial charge in [0.05, 0.1) is 0 Å². The minimum atomic E-state index is -4.44. The summed E-state index contributed by atoms with van der Waals surface area (Å²) in [6.07, 6.45) is 0. The second kappa shape index (κ2) is 3.88. The number of aliphatic hydroxyl groups is 1. The third-order valence-electron chi connectivity index (χ3n) is 1.22. The number of furan rings is 1. The lowest BCUT2D eigenvalue weighted by Crippen LogP contribution is -2.02. The van der Waals surface area contributed by atoms with Crippen molar-refractivity contribution >= 4 is 10.4 Å². The van der Waals surface area contributed by atoms with Crippen molar-refractivity contribution in [2.45, 2.75) is 13.2 Å². The van der Waals surface area contributed by atoms with Gasteiger partial charge in [0.2, 0.25) is 0 Å². The van der Waals surface area contributed by atoms with Gasteiger partial charge in [-0.25, -0.2) is 4.18 Å². The van der Waals surface area contributed by atoms with Crippen LogP contribution in [0.2, 0.25) is 0 Å². The smallest absolute Gasteiger partial charge is 0.397 e. The van der Waals surface area contributed by atoms with Gasteiger partial charge < -0.3 is 9.52 Å². The molecule has 6 nitrogen and oxygen atoms in total. The Morgan fingerprint density at radius 1 is 1.38 bits per heavy atom. The molecule has 0 atom stereocenters. The molecule has 0 saturated carbocycles. The molecule has 0 radical (unpaired) electrons. The van der Waals surface area contributed by atoms with E-state index in [9.17, 15) is 8.42 Å². The predicted molar refractivity (Wildman–Crippen MR) is 41.0 cm³/mol. The zero-order valence-electron chi connectivity index (χ0n) is 6.50. The Hall–Kier alpha value is -0.890. The molecule has 0 spiro atoms.